The number of aliphatic carboxylic acids is 1. The molecule has 1 N–H and O–H groups in total. The third-order valence-corrected chi connectivity index (χ3v) is 5.58. The van der Waals surface area contributed by atoms with E-state index in [1.165, 1.54) is 12.1 Å². The van der Waals surface area contributed by atoms with Crippen molar-refractivity contribution in [3.63, 3.8) is 0 Å². The predicted octanol–water partition coefficient (Wildman–Crippen LogP) is 6.45. The Hall–Kier alpha value is -2.74. The smallest absolute Gasteiger partial charge is 0.416 e. The molecule has 0 spiro atoms. The van der Waals surface area contributed by atoms with Crippen LogP contribution in [-0.4, -0.2) is 21.8 Å². The van der Waals surface area contributed by atoms with Gasteiger partial charge in [0, 0.05) is 22.6 Å². The number of rotatable bonds is 8. The van der Waals surface area contributed by atoms with Gasteiger partial charge in [-0.1, -0.05) is 26.0 Å². The maximum atomic E-state index is 12.8. The highest BCUT2D eigenvalue weighted by molar-refractivity contribution is 7.99. The van der Waals surface area contributed by atoms with Crippen LogP contribution in [0.15, 0.2) is 57.8 Å². The SMILES string of the molecule is CC(C)c1nc(-c2ccc(C(F)(F)F)cc2)oc1CCSc1cccc(CC(=O)O)c1. The molecule has 0 aliphatic rings. The minimum atomic E-state index is -4.39. The van der Waals surface area contributed by atoms with Gasteiger partial charge >= 0.3 is 12.1 Å². The molecule has 0 saturated carbocycles. The van der Waals surface area contributed by atoms with E-state index in [1.807, 2.05) is 32.0 Å². The van der Waals surface area contributed by atoms with Crippen molar-refractivity contribution in [3.8, 4) is 11.5 Å². The Bertz CT molecular complexity index is 1040. The van der Waals surface area contributed by atoms with Crippen molar-refractivity contribution in [1.29, 1.82) is 0 Å². The minimum Gasteiger partial charge on any atom is -0.481 e. The fourth-order valence-electron chi connectivity index (χ4n) is 3.10. The Morgan fingerprint density at radius 1 is 1.16 bits per heavy atom. The van der Waals surface area contributed by atoms with Gasteiger partial charge in [0.2, 0.25) is 5.89 Å². The van der Waals surface area contributed by atoms with Crippen molar-refractivity contribution in [2.45, 2.75) is 43.7 Å². The van der Waals surface area contributed by atoms with Crippen molar-refractivity contribution in [3.05, 3.63) is 71.1 Å². The zero-order chi connectivity index (χ0) is 22.6. The van der Waals surface area contributed by atoms with Crippen LogP contribution in [0.4, 0.5) is 13.2 Å². The van der Waals surface area contributed by atoms with Crippen molar-refractivity contribution in [2.24, 2.45) is 0 Å². The van der Waals surface area contributed by atoms with Crippen LogP contribution >= 0.6 is 11.8 Å². The number of carboxylic acid groups (broad SMARTS) is 1. The van der Waals surface area contributed by atoms with Crippen LogP contribution in [0.3, 0.4) is 0 Å². The number of alkyl halides is 3. The number of hydrogen-bond acceptors (Lipinski definition) is 4. The van der Waals surface area contributed by atoms with Crippen LogP contribution < -0.4 is 0 Å². The maximum Gasteiger partial charge on any atom is 0.416 e. The molecule has 1 aromatic heterocycles. The molecule has 0 amide bonds. The zero-order valence-electron chi connectivity index (χ0n) is 17.1. The first-order valence-electron chi connectivity index (χ1n) is 9.74. The molecule has 164 valence electrons. The molecule has 0 saturated heterocycles. The number of oxazole rings is 1. The van der Waals surface area contributed by atoms with Crippen LogP contribution in [0.25, 0.3) is 11.5 Å². The number of aromatic nitrogens is 1. The number of thioether (sulfide) groups is 1. The Morgan fingerprint density at radius 3 is 2.48 bits per heavy atom. The van der Waals surface area contributed by atoms with Crippen LogP contribution in [0, 0.1) is 0 Å². The van der Waals surface area contributed by atoms with E-state index in [1.54, 1.807) is 17.8 Å². The number of carbonyl (C=O) groups is 1. The number of aryl methyl sites for hydroxylation is 1. The van der Waals surface area contributed by atoms with Gasteiger partial charge in [-0.25, -0.2) is 4.98 Å². The Kier molecular flexibility index (Phi) is 7.10. The van der Waals surface area contributed by atoms with E-state index in [-0.39, 0.29) is 12.3 Å². The number of carboxylic acids is 1. The lowest BCUT2D eigenvalue weighted by Crippen LogP contribution is -2.03. The normalized spacial score (nSPS) is 11.8. The molecule has 31 heavy (non-hydrogen) atoms. The number of benzene rings is 2. The average molecular weight is 449 g/mol. The van der Waals surface area contributed by atoms with Gasteiger partial charge in [-0.15, -0.1) is 11.8 Å². The molecule has 3 aromatic rings. The fraction of sp³-hybridized carbons (Fsp3) is 0.304. The standard InChI is InChI=1S/C23H22F3NO3S/c1-14(2)21-19(10-11-31-18-5-3-4-15(12-18)13-20(28)29)30-22(27-21)16-6-8-17(9-7-16)23(24,25)26/h3-9,12,14H,10-11,13H2,1-2H3,(H,28,29). The Balaban J connectivity index is 1.72. The summed E-state index contributed by atoms with van der Waals surface area (Å²) in [5.74, 6) is 0.935. The number of hydrogen-bond donors (Lipinski definition) is 1. The molecule has 0 radical (unpaired) electrons. The van der Waals surface area contributed by atoms with E-state index < -0.39 is 17.7 Å². The second-order valence-electron chi connectivity index (χ2n) is 7.37. The number of halogens is 3. The highest BCUT2D eigenvalue weighted by atomic mass is 32.2. The van der Waals surface area contributed by atoms with Gasteiger partial charge < -0.3 is 9.52 Å². The summed E-state index contributed by atoms with van der Waals surface area (Å²) in [6.45, 7) is 3.97. The molecule has 3 rings (SSSR count). The Labute approximate surface area is 182 Å². The van der Waals surface area contributed by atoms with Crippen LogP contribution in [0.1, 0.15) is 42.3 Å². The summed E-state index contributed by atoms with van der Waals surface area (Å²) < 4.78 is 44.3. The molecule has 0 fully saturated rings. The quantitative estimate of drug-likeness (QED) is 0.401. The van der Waals surface area contributed by atoms with Crippen LogP contribution in [0.2, 0.25) is 0 Å². The van der Waals surface area contributed by atoms with Gasteiger partial charge in [0.05, 0.1) is 17.7 Å². The molecule has 0 aliphatic heterocycles. The van der Waals surface area contributed by atoms with Crippen LogP contribution in [-0.2, 0) is 23.8 Å². The van der Waals surface area contributed by atoms with E-state index in [0.717, 1.165) is 28.3 Å². The van der Waals surface area contributed by atoms with Gasteiger partial charge in [-0.3, -0.25) is 4.79 Å². The van der Waals surface area contributed by atoms with Gasteiger partial charge in [-0.05, 0) is 47.9 Å². The molecule has 0 atom stereocenters. The minimum absolute atomic E-state index is 0.0233. The third-order valence-electron chi connectivity index (χ3n) is 4.59. The van der Waals surface area contributed by atoms with Gasteiger partial charge in [-0.2, -0.15) is 13.2 Å². The molecule has 0 bridgehead atoms. The molecule has 0 unspecified atom stereocenters. The second-order valence-corrected chi connectivity index (χ2v) is 8.54. The lowest BCUT2D eigenvalue weighted by Gasteiger charge is -2.06. The fourth-order valence-corrected chi connectivity index (χ4v) is 4.03. The highest BCUT2D eigenvalue weighted by Crippen LogP contribution is 2.32. The lowest BCUT2D eigenvalue weighted by atomic mass is 10.1. The van der Waals surface area contributed by atoms with E-state index in [9.17, 15) is 18.0 Å². The maximum absolute atomic E-state index is 12.8. The monoisotopic (exact) mass is 449 g/mol. The Morgan fingerprint density at radius 2 is 1.87 bits per heavy atom. The summed E-state index contributed by atoms with van der Waals surface area (Å²) in [6, 6.07) is 12.2. The van der Waals surface area contributed by atoms with E-state index in [2.05, 4.69) is 4.98 Å². The molecular weight excluding hydrogens is 427 g/mol. The molecular formula is C23H22F3NO3S. The zero-order valence-corrected chi connectivity index (χ0v) is 17.9. The largest absolute Gasteiger partial charge is 0.481 e. The molecule has 0 aliphatic carbocycles. The van der Waals surface area contributed by atoms with Gasteiger partial charge in [0.25, 0.3) is 0 Å². The first-order chi connectivity index (χ1) is 14.6. The first kappa shape index (κ1) is 22.9. The molecule has 1 heterocycles. The van der Waals surface area contributed by atoms with E-state index in [0.29, 0.717) is 29.4 Å². The predicted molar refractivity (Wildman–Crippen MR) is 113 cm³/mol. The van der Waals surface area contributed by atoms with Crippen molar-refractivity contribution in [1.82, 2.24) is 4.98 Å². The van der Waals surface area contributed by atoms with E-state index >= 15 is 0 Å². The highest BCUT2D eigenvalue weighted by Gasteiger charge is 2.30. The average Bonchev–Trinajstić information content (AvgIpc) is 3.12. The van der Waals surface area contributed by atoms with Crippen LogP contribution in [0.5, 0.6) is 0 Å². The summed E-state index contributed by atoms with van der Waals surface area (Å²) in [5, 5.41) is 8.93. The summed E-state index contributed by atoms with van der Waals surface area (Å²) in [7, 11) is 0. The summed E-state index contributed by atoms with van der Waals surface area (Å²) >= 11 is 1.58. The van der Waals surface area contributed by atoms with Crippen molar-refractivity contribution in [2.75, 3.05) is 5.75 Å². The summed E-state index contributed by atoms with van der Waals surface area (Å²) in [4.78, 5) is 16.4. The van der Waals surface area contributed by atoms with E-state index in [4.69, 9.17) is 9.52 Å². The molecule has 2 aromatic carbocycles. The first-order valence-corrected chi connectivity index (χ1v) is 10.7. The molecule has 4 nitrogen and oxygen atoms in total. The summed E-state index contributed by atoms with van der Waals surface area (Å²) in [6.07, 6.45) is -3.82. The summed E-state index contributed by atoms with van der Waals surface area (Å²) in [5.41, 5.74) is 1.31. The third kappa shape index (κ3) is 6.13. The topological polar surface area (TPSA) is 63.3 Å². The number of nitrogens with zero attached hydrogens (tertiary/aromatic N) is 1. The van der Waals surface area contributed by atoms with Gasteiger partial charge in [0.1, 0.15) is 5.76 Å². The second kappa shape index (κ2) is 9.60. The molecule has 8 heteroatoms. The van der Waals surface area contributed by atoms with Crippen molar-refractivity contribution < 1.29 is 27.5 Å². The van der Waals surface area contributed by atoms with Gasteiger partial charge in [0.15, 0.2) is 0 Å². The van der Waals surface area contributed by atoms with Crippen molar-refractivity contribution >= 4 is 17.7 Å². The lowest BCUT2D eigenvalue weighted by molar-refractivity contribution is -0.138.